The summed E-state index contributed by atoms with van der Waals surface area (Å²) in [5.74, 6) is 1.09. The minimum absolute atomic E-state index is 0.0539. The predicted molar refractivity (Wildman–Crippen MR) is 72.6 cm³/mol. The summed E-state index contributed by atoms with van der Waals surface area (Å²) in [6, 6.07) is 3.50. The third-order valence-electron chi connectivity index (χ3n) is 2.50. The maximum absolute atomic E-state index is 12.2. The highest BCUT2D eigenvalue weighted by Gasteiger charge is 2.16. The molecule has 1 aromatic rings. The van der Waals surface area contributed by atoms with Crippen molar-refractivity contribution in [2.75, 3.05) is 25.0 Å². The summed E-state index contributed by atoms with van der Waals surface area (Å²) in [6.45, 7) is 10.4. The van der Waals surface area contributed by atoms with Crippen molar-refractivity contribution in [2.45, 2.75) is 27.7 Å². The van der Waals surface area contributed by atoms with Crippen LogP contribution in [0.2, 0.25) is 0 Å². The van der Waals surface area contributed by atoms with Crippen LogP contribution in [0.15, 0.2) is 12.1 Å². The molecular formula is C13H22N4O. The van der Waals surface area contributed by atoms with E-state index in [2.05, 4.69) is 29.4 Å². The molecule has 0 aromatic carbocycles. The van der Waals surface area contributed by atoms with Crippen LogP contribution >= 0.6 is 0 Å². The summed E-state index contributed by atoms with van der Waals surface area (Å²) in [6.07, 6.45) is 0. The first kappa shape index (κ1) is 14.4. The summed E-state index contributed by atoms with van der Waals surface area (Å²) in [5.41, 5.74) is 0.402. The first-order valence-electron chi connectivity index (χ1n) is 6.45. The molecule has 5 nitrogen and oxygen atoms in total. The van der Waals surface area contributed by atoms with E-state index in [1.165, 1.54) is 0 Å². The summed E-state index contributed by atoms with van der Waals surface area (Å²) in [4.78, 5) is 14.0. The normalized spacial score (nSPS) is 10.5. The zero-order valence-electron chi connectivity index (χ0n) is 11.6. The fraction of sp³-hybridized carbons (Fsp3) is 0.615. The van der Waals surface area contributed by atoms with Crippen molar-refractivity contribution in [3.05, 3.63) is 17.8 Å². The summed E-state index contributed by atoms with van der Waals surface area (Å²) in [7, 11) is 0. The van der Waals surface area contributed by atoms with Gasteiger partial charge in [-0.05, 0) is 31.9 Å². The van der Waals surface area contributed by atoms with Gasteiger partial charge >= 0.3 is 0 Å². The van der Waals surface area contributed by atoms with E-state index >= 15 is 0 Å². The van der Waals surface area contributed by atoms with E-state index in [9.17, 15) is 4.79 Å². The molecule has 100 valence electrons. The van der Waals surface area contributed by atoms with Crippen LogP contribution in [0.3, 0.4) is 0 Å². The van der Waals surface area contributed by atoms with Crippen molar-refractivity contribution in [1.82, 2.24) is 15.1 Å². The molecule has 1 aromatic heterocycles. The number of anilines is 1. The molecule has 0 saturated heterocycles. The lowest BCUT2D eigenvalue weighted by Gasteiger charge is -2.22. The molecule has 1 N–H and O–H groups in total. The Balaban J connectivity index is 2.75. The molecule has 0 saturated carbocycles. The molecule has 18 heavy (non-hydrogen) atoms. The van der Waals surface area contributed by atoms with Crippen molar-refractivity contribution in [2.24, 2.45) is 5.92 Å². The lowest BCUT2D eigenvalue weighted by molar-refractivity contribution is 0.0738. The second-order valence-corrected chi connectivity index (χ2v) is 4.57. The molecule has 0 fully saturated rings. The highest BCUT2D eigenvalue weighted by molar-refractivity contribution is 5.92. The van der Waals surface area contributed by atoms with Gasteiger partial charge < -0.3 is 10.2 Å². The van der Waals surface area contributed by atoms with Crippen molar-refractivity contribution in [3.8, 4) is 0 Å². The van der Waals surface area contributed by atoms with Crippen LogP contribution in [0.5, 0.6) is 0 Å². The van der Waals surface area contributed by atoms with Gasteiger partial charge in [-0.25, -0.2) is 0 Å². The van der Waals surface area contributed by atoms with Crippen LogP contribution in [0.25, 0.3) is 0 Å². The van der Waals surface area contributed by atoms with Gasteiger partial charge in [0.25, 0.3) is 5.91 Å². The minimum Gasteiger partial charge on any atom is -0.369 e. The molecule has 0 spiro atoms. The van der Waals surface area contributed by atoms with E-state index in [1.807, 2.05) is 13.8 Å². The molecule has 0 aliphatic carbocycles. The Morgan fingerprint density at radius 2 is 2.06 bits per heavy atom. The molecule has 1 heterocycles. The van der Waals surface area contributed by atoms with Gasteiger partial charge in [-0.2, -0.15) is 0 Å². The van der Waals surface area contributed by atoms with E-state index in [1.54, 1.807) is 17.0 Å². The first-order chi connectivity index (χ1) is 8.58. The smallest absolute Gasteiger partial charge is 0.274 e. The van der Waals surface area contributed by atoms with Crippen molar-refractivity contribution >= 4 is 11.7 Å². The number of hydrogen-bond donors (Lipinski definition) is 1. The fourth-order valence-electron chi connectivity index (χ4n) is 1.68. The summed E-state index contributed by atoms with van der Waals surface area (Å²) < 4.78 is 0. The number of rotatable bonds is 6. The molecule has 0 aliphatic rings. The third-order valence-corrected chi connectivity index (χ3v) is 2.50. The number of carbonyl (C=O) groups is 1. The van der Waals surface area contributed by atoms with E-state index in [0.29, 0.717) is 24.0 Å². The highest BCUT2D eigenvalue weighted by Crippen LogP contribution is 2.07. The predicted octanol–water partition coefficient (Wildman–Crippen LogP) is 2.03. The van der Waals surface area contributed by atoms with Crippen LogP contribution in [-0.2, 0) is 0 Å². The Bertz CT molecular complexity index is 375. The monoisotopic (exact) mass is 250 g/mol. The van der Waals surface area contributed by atoms with Gasteiger partial charge in [0, 0.05) is 19.6 Å². The minimum atomic E-state index is -0.0539. The molecule has 0 unspecified atom stereocenters. The van der Waals surface area contributed by atoms with Gasteiger partial charge in [-0.15, -0.1) is 10.2 Å². The lowest BCUT2D eigenvalue weighted by atomic mass is 10.2. The molecule has 0 radical (unpaired) electrons. The second kappa shape index (κ2) is 6.93. The standard InChI is InChI=1S/C13H22N4O/c1-5-14-12-8-7-11(15-16-12)13(18)17(6-2)9-10(3)4/h7-8,10H,5-6,9H2,1-4H3,(H,14,16). The van der Waals surface area contributed by atoms with Gasteiger partial charge in [0.2, 0.25) is 0 Å². The average Bonchev–Trinajstić information content (AvgIpc) is 2.36. The Hall–Kier alpha value is -1.65. The topological polar surface area (TPSA) is 58.1 Å². The number of carbonyl (C=O) groups excluding carboxylic acids is 1. The zero-order valence-corrected chi connectivity index (χ0v) is 11.6. The number of amides is 1. The summed E-state index contributed by atoms with van der Waals surface area (Å²) in [5, 5.41) is 11.0. The highest BCUT2D eigenvalue weighted by atomic mass is 16.2. The summed E-state index contributed by atoms with van der Waals surface area (Å²) >= 11 is 0. The lowest BCUT2D eigenvalue weighted by Crippen LogP contribution is -2.34. The number of aromatic nitrogens is 2. The van der Waals surface area contributed by atoms with Crippen LogP contribution in [-0.4, -0.2) is 40.6 Å². The van der Waals surface area contributed by atoms with E-state index in [4.69, 9.17) is 0 Å². The molecule has 1 amide bonds. The van der Waals surface area contributed by atoms with E-state index < -0.39 is 0 Å². The van der Waals surface area contributed by atoms with Crippen molar-refractivity contribution < 1.29 is 4.79 Å². The number of hydrogen-bond acceptors (Lipinski definition) is 4. The quantitative estimate of drug-likeness (QED) is 0.839. The molecule has 0 atom stereocenters. The van der Waals surface area contributed by atoms with Gasteiger partial charge in [-0.1, -0.05) is 13.8 Å². The van der Waals surface area contributed by atoms with Crippen LogP contribution in [0.4, 0.5) is 5.82 Å². The molecule has 1 rings (SSSR count). The largest absolute Gasteiger partial charge is 0.369 e. The van der Waals surface area contributed by atoms with Gasteiger partial charge in [-0.3, -0.25) is 4.79 Å². The second-order valence-electron chi connectivity index (χ2n) is 4.57. The molecule has 5 heteroatoms. The zero-order chi connectivity index (χ0) is 13.5. The van der Waals surface area contributed by atoms with Crippen molar-refractivity contribution in [1.29, 1.82) is 0 Å². The third kappa shape index (κ3) is 3.98. The first-order valence-corrected chi connectivity index (χ1v) is 6.45. The van der Waals surface area contributed by atoms with Gasteiger partial charge in [0.15, 0.2) is 5.69 Å². The van der Waals surface area contributed by atoms with Gasteiger partial charge in [0.1, 0.15) is 5.82 Å². The van der Waals surface area contributed by atoms with Crippen molar-refractivity contribution in [3.63, 3.8) is 0 Å². The number of nitrogens with zero attached hydrogens (tertiary/aromatic N) is 3. The Morgan fingerprint density at radius 3 is 2.50 bits per heavy atom. The maximum Gasteiger partial charge on any atom is 0.274 e. The van der Waals surface area contributed by atoms with Crippen LogP contribution in [0, 0.1) is 5.92 Å². The maximum atomic E-state index is 12.2. The number of nitrogens with one attached hydrogen (secondary N) is 1. The molecule has 0 bridgehead atoms. The Labute approximate surface area is 109 Å². The SMILES string of the molecule is CCNc1ccc(C(=O)N(CC)CC(C)C)nn1. The van der Waals surface area contributed by atoms with Crippen LogP contribution in [0.1, 0.15) is 38.2 Å². The van der Waals surface area contributed by atoms with Gasteiger partial charge in [0.05, 0.1) is 0 Å². The molecular weight excluding hydrogens is 228 g/mol. The Morgan fingerprint density at radius 1 is 1.33 bits per heavy atom. The molecule has 0 aliphatic heterocycles. The van der Waals surface area contributed by atoms with E-state index in [-0.39, 0.29) is 5.91 Å². The Kier molecular flexibility index (Phi) is 5.55. The fourth-order valence-corrected chi connectivity index (χ4v) is 1.68. The van der Waals surface area contributed by atoms with Crippen LogP contribution < -0.4 is 5.32 Å². The average molecular weight is 250 g/mol. The van der Waals surface area contributed by atoms with E-state index in [0.717, 1.165) is 13.1 Å².